The molecule has 0 fully saturated rings. The van der Waals surface area contributed by atoms with Crippen molar-refractivity contribution in [1.29, 1.82) is 0 Å². The second-order valence-electron chi connectivity index (χ2n) is 12.0. The Balaban J connectivity index is 2.21. The first-order chi connectivity index (χ1) is 18.4. The predicted octanol–water partition coefficient (Wildman–Crippen LogP) is 5.52. The van der Waals surface area contributed by atoms with Crippen molar-refractivity contribution >= 4 is 37.4 Å². The lowest BCUT2D eigenvalue weighted by Gasteiger charge is -2.34. The average Bonchev–Trinajstić information content (AvgIpc) is 2.79. The third-order valence-corrected chi connectivity index (χ3v) is 17.8. The highest BCUT2D eigenvalue weighted by molar-refractivity contribution is 7.42. The summed E-state index contributed by atoms with van der Waals surface area (Å²) in [6.45, 7) is 21.8. The van der Waals surface area contributed by atoms with Crippen LogP contribution in [0.3, 0.4) is 0 Å². The van der Waals surface area contributed by atoms with E-state index in [1.54, 1.807) is 20.7 Å². The summed E-state index contributed by atoms with van der Waals surface area (Å²) < 4.78 is 0. The minimum atomic E-state index is -1.23. The van der Waals surface area contributed by atoms with Crippen LogP contribution in [0.25, 0.3) is 0 Å². The second kappa shape index (κ2) is 11.8. The summed E-state index contributed by atoms with van der Waals surface area (Å²) in [7, 11) is 1.93. The molecule has 0 spiro atoms. The number of benzene rings is 4. The summed E-state index contributed by atoms with van der Waals surface area (Å²) in [4.78, 5) is 2.32. The molecule has 0 unspecified atom stereocenters. The Bertz CT molecular complexity index is 1390. The van der Waals surface area contributed by atoms with Crippen molar-refractivity contribution in [3.63, 3.8) is 0 Å². The first-order valence-electron chi connectivity index (χ1n) is 14.1. The van der Waals surface area contributed by atoms with Crippen LogP contribution in [0, 0.1) is 62.3 Å². The van der Waals surface area contributed by atoms with E-state index in [1.165, 1.54) is 55.6 Å². The summed E-state index contributed by atoms with van der Waals surface area (Å²) in [6, 6.07) is 23.9. The van der Waals surface area contributed by atoms with Gasteiger partial charge in [-0.3, -0.25) is 0 Å². The molecule has 4 rings (SSSR count). The molecular weight excluding hydrogens is 503 g/mol. The highest BCUT2D eigenvalue weighted by atomic mass is 29.2. The van der Waals surface area contributed by atoms with E-state index in [4.69, 9.17) is 0 Å². The van der Waals surface area contributed by atoms with Crippen LogP contribution in [0.5, 0.6) is 0 Å². The van der Waals surface area contributed by atoms with Gasteiger partial charge in [-0.25, -0.2) is 0 Å². The number of rotatable bonds is 7. The van der Waals surface area contributed by atoms with Gasteiger partial charge in [0, 0.05) is 6.54 Å². The van der Waals surface area contributed by atoms with Crippen molar-refractivity contribution in [3.8, 4) is 0 Å². The summed E-state index contributed by atoms with van der Waals surface area (Å²) >= 11 is 0. The molecule has 0 N–H and O–H groups in total. The Hall–Kier alpha value is -2.73. The van der Waals surface area contributed by atoms with Gasteiger partial charge in [-0.05, 0) is 82.0 Å². The molecule has 0 saturated heterocycles. The molecule has 1 nitrogen and oxygen atoms in total. The fourth-order valence-electron chi connectivity index (χ4n) is 6.74. The zero-order chi connectivity index (χ0) is 28.6. The monoisotopic (exact) mass is 547 g/mol. The van der Waals surface area contributed by atoms with Crippen LogP contribution in [-0.4, -0.2) is 35.6 Å². The summed E-state index contributed by atoms with van der Waals surface area (Å²) in [5, 5.41) is 6.44. The number of aryl methyl sites for hydroxylation is 9. The van der Waals surface area contributed by atoms with E-state index in [1.807, 2.05) is 0 Å². The molecule has 39 heavy (non-hydrogen) atoms. The highest BCUT2D eigenvalue weighted by Crippen LogP contribution is 2.18. The molecule has 0 aliphatic heterocycles. The number of hydrogen-bond acceptors (Lipinski definition) is 1. The van der Waals surface area contributed by atoms with Crippen molar-refractivity contribution in [2.24, 2.45) is 0 Å². The Labute approximate surface area is 240 Å². The Morgan fingerprint density at radius 1 is 0.487 bits per heavy atom. The minimum Gasteiger partial charge on any atom is -0.305 e. The van der Waals surface area contributed by atoms with Gasteiger partial charge >= 0.3 is 0 Å². The normalized spacial score (nSPS) is 11.7. The minimum absolute atomic E-state index is 0.959. The topological polar surface area (TPSA) is 3.24 Å². The standard InChI is InChI=1S/C36H45NSi2/c1-23-16-26(4)34(27(5)17-23)38(33-15-13-12-14-32(33)22-37(10)11)39(35-28(6)18-24(2)19-29(35)7)36-30(8)20-25(3)21-31(36)9/h12-21H,22H2,1-11H3. The summed E-state index contributed by atoms with van der Waals surface area (Å²) in [6.07, 6.45) is 0. The Morgan fingerprint density at radius 3 is 1.18 bits per heavy atom. The molecule has 2 radical (unpaired) electrons. The molecule has 4 aromatic rings. The van der Waals surface area contributed by atoms with E-state index >= 15 is 0 Å². The van der Waals surface area contributed by atoms with Crippen LogP contribution in [0.2, 0.25) is 0 Å². The van der Waals surface area contributed by atoms with Crippen LogP contribution in [0.15, 0.2) is 60.7 Å². The first-order valence-corrected chi connectivity index (χ1v) is 18.1. The van der Waals surface area contributed by atoms with E-state index in [0.717, 1.165) is 6.54 Å². The maximum absolute atomic E-state index is 2.47. The fraction of sp³-hybridized carbons (Fsp3) is 0.333. The second-order valence-corrected chi connectivity index (χ2v) is 18.5. The van der Waals surface area contributed by atoms with Crippen molar-refractivity contribution in [3.05, 3.63) is 116 Å². The average molecular weight is 548 g/mol. The summed E-state index contributed by atoms with van der Waals surface area (Å²) in [5.41, 5.74) is 14.3. The molecular formula is C36H45NSi2. The molecule has 0 atom stereocenters. The van der Waals surface area contributed by atoms with Crippen molar-refractivity contribution in [2.75, 3.05) is 14.1 Å². The van der Waals surface area contributed by atoms with Gasteiger partial charge < -0.3 is 4.90 Å². The van der Waals surface area contributed by atoms with Gasteiger partial charge in [0.05, 0.1) is 0 Å². The van der Waals surface area contributed by atoms with Crippen LogP contribution < -0.4 is 20.7 Å². The molecule has 3 heteroatoms. The molecule has 0 aliphatic carbocycles. The van der Waals surface area contributed by atoms with Crippen molar-refractivity contribution in [1.82, 2.24) is 4.90 Å². The van der Waals surface area contributed by atoms with Crippen LogP contribution in [0.1, 0.15) is 55.6 Å². The lowest BCUT2D eigenvalue weighted by molar-refractivity contribution is 0.403. The lowest BCUT2D eigenvalue weighted by Crippen LogP contribution is -2.68. The van der Waals surface area contributed by atoms with Gasteiger partial charge in [0.2, 0.25) is 0 Å². The number of hydrogen-bond donors (Lipinski definition) is 0. The summed E-state index contributed by atoms with van der Waals surface area (Å²) in [5.74, 6) is 0. The molecule has 0 aromatic heterocycles. The third kappa shape index (κ3) is 6.06. The molecule has 0 amide bonds. The Kier molecular flexibility index (Phi) is 8.85. The van der Waals surface area contributed by atoms with E-state index in [-0.39, 0.29) is 0 Å². The smallest absolute Gasteiger partial charge is 0.122 e. The van der Waals surface area contributed by atoms with E-state index < -0.39 is 16.6 Å². The maximum Gasteiger partial charge on any atom is 0.122 e. The number of nitrogens with zero attached hydrogens (tertiary/aromatic N) is 1. The fourth-order valence-corrected chi connectivity index (χ4v) is 19.2. The molecule has 0 saturated carbocycles. The van der Waals surface area contributed by atoms with Crippen molar-refractivity contribution in [2.45, 2.75) is 68.9 Å². The van der Waals surface area contributed by atoms with Gasteiger partial charge in [0.25, 0.3) is 0 Å². The highest BCUT2D eigenvalue weighted by Gasteiger charge is 2.38. The molecule has 202 valence electrons. The van der Waals surface area contributed by atoms with Gasteiger partial charge in [-0.1, -0.05) is 131 Å². The zero-order valence-electron chi connectivity index (χ0n) is 25.9. The van der Waals surface area contributed by atoms with Gasteiger partial charge in [-0.2, -0.15) is 0 Å². The van der Waals surface area contributed by atoms with Crippen LogP contribution >= 0.6 is 0 Å². The van der Waals surface area contributed by atoms with E-state index in [2.05, 4.69) is 142 Å². The SMILES string of the molecule is Cc1cc(C)c([Si](c2ccccc2CN(C)C)[Si](c2c(C)cc(C)cc2C)c2c(C)cc(C)cc2C)c(C)c1. The van der Waals surface area contributed by atoms with Crippen molar-refractivity contribution < 1.29 is 0 Å². The van der Waals surface area contributed by atoms with Gasteiger partial charge in [0.15, 0.2) is 0 Å². The lowest BCUT2D eigenvalue weighted by atomic mass is 10.1. The molecule has 0 aliphatic rings. The van der Waals surface area contributed by atoms with Crippen LogP contribution in [0.4, 0.5) is 0 Å². The van der Waals surface area contributed by atoms with Gasteiger partial charge in [0.1, 0.15) is 16.6 Å². The zero-order valence-corrected chi connectivity index (χ0v) is 27.9. The maximum atomic E-state index is 2.47. The largest absolute Gasteiger partial charge is 0.305 e. The molecule has 4 aromatic carbocycles. The first kappa shape index (κ1) is 29.3. The van der Waals surface area contributed by atoms with E-state index in [0.29, 0.717) is 0 Å². The predicted molar refractivity (Wildman–Crippen MR) is 176 cm³/mol. The van der Waals surface area contributed by atoms with E-state index in [9.17, 15) is 0 Å². The Morgan fingerprint density at radius 2 is 0.821 bits per heavy atom. The third-order valence-electron chi connectivity index (χ3n) is 7.80. The molecule has 0 bridgehead atoms. The quantitative estimate of drug-likeness (QED) is 0.275. The molecule has 0 heterocycles. The van der Waals surface area contributed by atoms with Gasteiger partial charge in [-0.15, -0.1) is 0 Å². The van der Waals surface area contributed by atoms with Crippen LogP contribution in [-0.2, 0) is 6.54 Å².